The molecule has 8 nitrogen and oxygen atoms in total. The largest absolute Gasteiger partial charge is 0.375 e. The summed E-state index contributed by atoms with van der Waals surface area (Å²) >= 11 is 1.44. The number of nitrogens with zero attached hydrogens (tertiary/aromatic N) is 4. The van der Waals surface area contributed by atoms with Crippen LogP contribution in [-0.2, 0) is 13.0 Å². The van der Waals surface area contributed by atoms with E-state index in [1.807, 2.05) is 5.38 Å². The van der Waals surface area contributed by atoms with Crippen LogP contribution < -0.4 is 16.4 Å². The van der Waals surface area contributed by atoms with Gasteiger partial charge in [0.05, 0.1) is 11.9 Å². The summed E-state index contributed by atoms with van der Waals surface area (Å²) in [7, 11) is 0. The fraction of sp³-hybridized carbons (Fsp3) is 0.600. The summed E-state index contributed by atoms with van der Waals surface area (Å²) in [6, 6.07) is 0. The lowest BCUT2D eigenvalue weighted by Gasteiger charge is -2.22. The third-order valence-electron chi connectivity index (χ3n) is 4.08. The molecule has 1 saturated heterocycles. The lowest BCUT2D eigenvalue weighted by atomic mass is 10.00. The van der Waals surface area contributed by atoms with Crippen LogP contribution in [0.3, 0.4) is 0 Å². The predicted octanol–water partition coefficient (Wildman–Crippen LogP) is 0.679. The lowest BCUT2D eigenvalue weighted by Crippen LogP contribution is -2.32. The van der Waals surface area contributed by atoms with Gasteiger partial charge in [-0.2, -0.15) is 0 Å². The number of anilines is 1. The first-order valence-electron chi connectivity index (χ1n) is 8.29. The van der Waals surface area contributed by atoms with Crippen molar-refractivity contribution in [1.29, 1.82) is 0 Å². The lowest BCUT2D eigenvalue weighted by molar-refractivity contribution is 0.0948. The summed E-state index contributed by atoms with van der Waals surface area (Å²) in [5, 5.41) is 16.8. The Bertz CT molecular complexity index is 662. The van der Waals surface area contributed by atoms with Gasteiger partial charge in [0.1, 0.15) is 0 Å². The van der Waals surface area contributed by atoms with Crippen molar-refractivity contribution in [3.05, 3.63) is 23.0 Å². The van der Waals surface area contributed by atoms with Crippen molar-refractivity contribution >= 4 is 22.4 Å². The molecule has 1 unspecified atom stereocenters. The Morgan fingerprint density at radius 1 is 1.54 bits per heavy atom. The van der Waals surface area contributed by atoms with Crippen molar-refractivity contribution in [2.24, 2.45) is 5.92 Å². The molecule has 0 bridgehead atoms. The van der Waals surface area contributed by atoms with E-state index in [0.717, 1.165) is 38.2 Å². The van der Waals surface area contributed by atoms with E-state index in [9.17, 15) is 4.79 Å². The van der Waals surface area contributed by atoms with Crippen molar-refractivity contribution in [2.75, 3.05) is 25.4 Å². The number of piperidine rings is 1. The van der Waals surface area contributed by atoms with Crippen molar-refractivity contribution in [2.45, 2.75) is 32.2 Å². The smallest absolute Gasteiger partial charge is 0.273 e. The second-order valence-corrected chi connectivity index (χ2v) is 6.96. The Labute approximate surface area is 144 Å². The van der Waals surface area contributed by atoms with E-state index in [2.05, 4.69) is 25.9 Å². The highest BCUT2D eigenvalue weighted by molar-refractivity contribution is 7.13. The van der Waals surface area contributed by atoms with Crippen LogP contribution in [0.25, 0.3) is 0 Å². The van der Waals surface area contributed by atoms with Gasteiger partial charge >= 0.3 is 0 Å². The zero-order valence-electron chi connectivity index (χ0n) is 13.6. The number of nitrogens with one attached hydrogen (secondary N) is 2. The van der Waals surface area contributed by atoms with Crippen molar-refractivity contribution in [3.63, 3.8) is 0 Å². The third kappa shape index (κ3) is 4.75. The van der Waals surface area contributed by atoms with Gasteiger partial charge in [-0.05, 0) is 44.7 Å². The Kier molecular flexibility index (Phi) is 5.76. The summed E-state index contributed by atoms with van der Waals surface area (Å²) in [6.07, 6.45) is 5.73. The zero-order valence-corrected chi connectivity index (χ0v) is 14.4. The van der Waals surface area contributed by atoms with Crippen LogP contribution in [0, 0.1) is 5.92 Å². The molecule has 2 aromatic heterocycles. The van der Waals surface area contributed by atoms with Crippen molar-refractivity contribution < 1.29 is 4.79 Å². The minimum absolute atomic E-state index is 0.180. The van der Waals surface area contributed by atoms with Gasteiger partial charge in [-0.25, -0.2) is 4.98 Å². The molecule has 1 amide bonds. The van der Waals surface area contributed by atoms with Gasteiger partial charge in [-0.15, -0.1) is 16.4 Å². The van der Waals surface area contributed by atoms with Gasteiger partial charge in [0.25, 0.3) is 5.91 Å². The summed E-state index contributed by atoms with van der Waals surface area (Å²) in [4.78, 5) is 16.3. The number of nitrogens with two attached hydrogens (primary N) is 1. The third-order valence-corrected chi connectivity index (χ3v) is 4.80. The molecule has 24 heavy (non-hydrogen) atoms. The van der Waals surface area contributed by atoms with Crippen LogP contribution in [0.1, 0.15) is 35.4 Å². The molecule has 0 aliphatic carbocycles. The average molecular weight is 349 g/mol. The number of hydrogen-bond donors (Lipinski definition) is 3. The molecule has 3 rings (SSSR count). The SMILES string of the molecule is Nc1nc(CCCNC(=O)c2cn(CC3CCCNC3)nn2)cs1. The second kappa shape index (κ2) is 8.20. The maximum Gasteiger partial charge on any atom is 0.273 e. The molecule has 0 aromatic carbocycles. The van der Waals surface area contributed by atoms with E-state index < -0.39 is 0 Å². The molecular weight excluding hydrogens is 326 g/mol. The summed E-state index contributed by atoms with van der Waals surface area (Å²) in [5.41, 5.74) is 6.94. The number of rotatable bonds is 7. The number of amides is 1. The van der Waals surface area contributed by atoms with E-state index >= 15 is 0 Å². The number of aryl methyl sites for hydroxylation is 1. The van der Waals surface area contributed by atoms with Gasteiger partial charge in [-0.3, -0.25) is 9.48 Å². The quantitative estimate of drug-likeness (QED) is 0.634. The van der Waals surface area contributed by atoms with Gasteiger partial charge in [0.2, 0.25) is 0 Å². The first-order valence-corrected chi connectivity index (χ1v) is 9.17. The van der Waals surface area contributed by atoms with E-state index in [1.54, 1.807) is 10.9 Å². The van der Waals surface area contributed by atoms with Crippen LogP contribution in [0.5, 0.6) is 0 Å². The molecule has 4 N–H and O–H groups in total. The maximum atomic E-state index is 12.1. The maximum absolute atomic E-state index is 12.1. The minimum Gasteiger partial charge on any atom is -0.375 e. The average Bonchev–Trinajstić information content (AvgIpc) is 3.21. The first-order chi connectivity index (χ1) is 11.7. The molecule has 0 spiro atoms. The fourth-order valence-electron chi connectivity index (χ4n) is 2.84. The van der Waals surface area contributed by atoms with Crippen molar-refractivity contribution in [3.8, 4) is 0 Å². The van der Waals surface area contributed by atoms with E-state index in [1.165, 1.54) is 24.2 Å². The summed E-state index contributed by atoms with van der Waals surface area (Å²) < 4.78 is 1.77. The van der Waals surface area contributed by atoms with Gasteiger partial charge in [-0.1, -0.05) is 5.21 Å². The topological polar surface area (TPSA) is 111 Å². The molecule has 2 aromatic rings. The predicted molar refractivity (Wildman–Crippen MR) is 92.8 cm³/mol. The second-order valence-electron chi connectivity index (χ2n) is 6.07. The molecule has 3 heterocycles. The summed E-state index contributed by atoms with van der Waals surface area (Å²) in [6.45, 7) is 3.48. The standard InChI is InChI=1S/C15H23N7OS/c16-15-19-12(10-24-15)4-2-6-18-14(23)13-9-22(21-20-13)8-11-3-1-5-17-7-11/h9-11,17H,1-8H2,(H2,16,19)(H,18,23). The highest BCUT2D eigenvalue weighted by atomic mass is 32.1. The molecule has 1 aliphatic heterocycles. The van der Waals surface area contributed by atoms with E-state index in [4.69, 9.17) is 5.73 Å². The van der Waals surface area contributed by atoms with E-state index in [0.29, 0.717) is 23.3 Å². The first kappa shape index (κ1) is 16.8. The minimum atomic E-state index is -0.180. The number of aromatic nitrogens is 4. The van der Waals surface area contributed by atoms with Gasteiger partial charge in [0.15, 0.2) is 10.8 Å². The number of carbonyl (C=O) groups excluding carboxylic acids is 1. The fourth-order valence-corrected chi connectivity index (χ4v) is 3.43. The molecule has 1 atom stereocenters. The van der Waals surface area contributed by atoms with Crippen LogP contribution in [0.15, 0.2) is 11.6 Å². The zero-order chi connectivity index (χ0) is 16.8. The van der Waals surface area contributed by atoms with Gasteiger partial charge < -0.3 is 16.4 Å². The Morgan fingerprint density at radius 2 is 2.46 bits per heavy atom. The highest BCUT2D eigenvalue weighted by Gasteiger charge is 2.16. The molecule has 130 valence electrons. The molecular formula is C15H23N7OS. The molecule has 9 heteroatoms. The Balaban J connectivity index is 1.40. The highest BCUT2D eigenvalue weighted by Crippen LogP contribution is 2.13. The van der Waals surface area contributed by atoms with Crippen LogP contribution in [0.4, 0.5) is 5.13 Å². The monoisotopic (exact) mass is 349 g/mol. The van der Waals surface area contributed by atoms with Crippen LogP contribution in [0.2, 0.25) is 0 Å². The Morgan fingerprint density at radius 3 is 3.21 bits per heavy atom. The number of nitrogen functional groups attached to an aromatic ring is 1. The summed E-state index contributed by atoms with van der Waals surface area (Å²) in [5.74, 6) is 0.378. The van der Waals surface area contributed by atoms with Crippen molar-refractivity contribution in [1.82, 2.24) is 30.6 Å². The normalized spacial score (nSPS) is 17.8. The van der Waals surface area contributed by atoms with E-state index in [-0.39, 0.29) is 5.91 Å². The number of hydrogen-bond acceptors (Lipinski definition) is 7. The van der Waals surface area contributed by atoms with Crippen LogP contribution in [-0.4, -0.2) is 45.5 Å². The molecule has 1 aliphatic rings. The molecule has 0 radical (unpaired) electrons. The van der Waals surface area contributed by atoms with Crippen LogP contribution >= 0.6 is 11.3 Å². The molecule has 0 saturated carbocycles. The molecule has 1 fully saturated rings. The van der Waals surface area contributed by atoms with Gasteiger partial charge in [0, 0.05) is 18.5 Å². The number of thiazole rings is 1. The number of carbonyl (C=O) groups is 1. The Hall–Kier alpha value is -2.00.